The third-order valence-electron chi connectivity index (χ3n) is 4.33. The van der Waals surface area contributed by atoms with Crippen molar-refractivity contribution < 1.29 is 4.79 Å². The van der Waals surface area contributed by atoms with Gasteiger partial charge >= 0.3 is 0 Å². The van der Waals surface area contributed by atoms with E-state index in [2.05, 4.69) is 24.1 Å². The Morgan fingerprint density at radius 3 is 2.39 bits per heavy atom. The molecule has 0 bridgehead atoms. The average Bonchev–Trinajstić information content (AvgIpc) is 2.58. The molecule has 0 saturated carbocycles. The molecule has 0 aromatic carbocycles. The van der Waals surface area contributed by atoms with E-state index in [4.69, 9.17) is 5.73 Å². The molecule has 3 N–H and O–H groups in total. The first-order valence-corrected chi connectivity index (χ1v) is 7.16. The Kier molecular flexibility index (Phi) is 5.60. The van der Waals surface area contributed by atoms with Gasteiger partial charge in [-0.1, -0.05) is 20.8 Å². The number of carbonyl (C=O) groups is 1. The summed E-state index contributed by atoms with van der Waals surface area (Å²) >= 11 is 0. The highest BCUT2D eigenvalue weighted by Crippen LogP contribution is 2.23. The van der Waals surface area contributed by atoms with Crippen molar-refractivity contribution in [2.45, 2.75) is 46.1 Å². The van der Waals surface area contributed by atoms with Gasteiger partial charge in [-0.05, 0) is 44.7 Å². The summed E-state index contributed by atoms with van der Waals surface area (Å²) < 4.78 is 0. The lowest BCUT2D eigenvalue weighted by atomic mass is 9.94. The van der Waals surface area contributed by atoms with E-state index in [-0.39, 0.29) is 5.91 Å². The van der Waals surface area contributed by atoms with Crippen LogP contribution in [0, 0.1) is 11.8 Å². The van der Waals surface area contributed by atoms with Gasteiger partial charge in [0.15, 0.2) is 0 Å². The number of nitrogens with one attached hydrogen (secondary N) is 1. The van der Waals surface area contributed by atoms with Crippen molar-refractivity contribution >= 4 is 5.91 Å². The Morgan fingerprint density at radius 2 is 1.94 bits per heavy atom. The van der Waals surface area contributed by atoms with Gasteiger partial charge in [0.25, 0.3) is 0 Å². The summed E-state index contributed by atoms with van der Waals surface area (Å²) in [5.74, 6) is 1.34. The highest BCUT2D eigenvalue weighted by Gasteiger charge is 2.30. The van der Waals surface area contributed by atoms with Crippen LogP contribution in [-0.4, -0.2) is 42.5 Å². The first-order valence-electron chi connectivity index (χ1n) is 7.16. The maximum atomic E-state index is 11.5. The van der Waals surface area contributed by atoms with Crippen molar-refractivity contribution in [1.29, 1.82) is 0 Å². The molecule has 1 heterocycles. The van der Waals surface area contributed by atoms with E-state index >= 15 is 0 Å². The lowest BCUT2D eigenvalue weighted by molar-refractivity contribution is -0.124. The second-order valence-corrected chi connectivity index (χ2v) is 6.04. The summed E-state index contributed by atoms with van der Waals surface area (Å²) in [7, 11) is 0. The smallest absolute Gasteiger partial charge is 0.237 e. The van der Waals surface area contributed by atoms with Gasteiger partial charge in [0.05, 0.1) is 5.54 Å². The number of hydrogen-bond donors (Lipinski definition) is 2. The van der Waals surface area contributed by atoms with E-state index in [1.54, 1.807) is 0 Å². The number of likely N-dealkylation sites (N-methyl/N-ethyl adjacent to an activating group) is 1. The van der Waals surface area contributed by atoms with Gasteiger partial charge in [0.2, 0.25) is 5.91 Å². The standard InChI is InChI=1S/C14H29N3O/c1-5-16-14(4,13(15)18)7-6-8-17-9-11(2)12(3)10-17/h11-12,16H,5-10H2,1-4H3,(H2,15,18). The zero-order valence-corrected chi connectivity index (χ0v) is 12.3. The van der Waals surface area contributed by atoms with E-state index in [0.717, 1.165) is 37.8 Å². The van der Waals surface area contributed by atoms with Gasteiger partial charge in [-0.15, -0.1) is 0 Å². The Morgan fingerprint density at radius 1 is 1.39 bits per heavy atom. The number of carbonyl (C=O) groups excluding carboxylic acids is 1. The van der Waals surface area contributed by atoms with Crippen molar-refractivity contribution in [3.63, 3.8) is 0 Å². The number of hydrogen-bond acceptors (Lipinski definition) is 3. The van der Waals surface area contributed by atoms with Crippen molar-refractivity contribution in [1.82, 2.24) is 10.2 Å². The number of likely N-dealkylation sites (tertiary alicyclic amines) is 1. The van der Waals surface area contributed by atoms with Crippen molar-refractivity contribution in [2.75, 3.05) is 26.2 Å². The molecule has 4 nitrogen and oxygen atoms in total. The third-order valence-corrected chi connectivity index (χ3v) is 4.33. The summed E-state index contributed by atoms with van der Waals surface area (Å²) in [6.07, 6.45) is 1.83. The molecule has 0 radical (unpaired) electrons. The monoisotopic (exact) mass is 255 g/mol. The molecule has 1 rings (SSSR count). The number of nitrogens with zero attached hydrogens (tertiary/aromatic N) is 1. The SMILES string of the molecule is CCNC(C)(CCCN1CC(C)C(C)C1)C(N)=O. The molecule has 0 aromatic rings. The predicted octanol–water partition coefficient (Wildman–Crippen LogP) is 1.21. The van der Waals surface area contributed by atoms with Crippen LogP contribution in [0.3, 0.4) is 0 Å². The maximum Gasteiger partial charge on any atom is 0.237 e. The Hall–Kier alpha value is -0.610. The molecule has 1 saturated heterocycles. The van der Waals surface area contributed by atoms with Crippen LogP contribution in [0.1, 0.15) is 40.5 Å². The minimum absolute atomic E-state index is 0.243. The normalized spacial score (nSPS) is 28.2. The summed E-state index contributed by atoms with van der Waals surface area (Å²) in [6, 6.07) is 0. The molecule has 0 spiro atoms. The molecule has 1 aliphatic heterocycles. The van der Waals surface area contributed by atoms with Crippen molar-refractivity contribution in [3.05, 3.63) is 0 Å². The molecule has 0 aromatic heterocycles. The minimum Gasteiger partial charge on any atom is -0.368 e. The number of rotatable bonds is 7. The topological polar surface area (TPSA) is 58.4 Å². The Bertz CT molecular complexity index is 272. The minimum atomic E-state index is -0.550. The van der Waals surface area contributed by atoms with E-state index < -0.39 is 5.54 Å². The van der Waals surface area contributed by atoms with Crippen LogP contribution in [-0.2, 0) is 4.79 Å². The Balaban J connectivity index is 2.34. The quantitative estimate of drug-likeness (QED) is 0.719. The molecule has 4 heteroatoms. The summed E-state index contributed by atoms with van der Waals surface area (Å²) in [6.45, 7) is 12.8. The van der Waals surface area contributed by atoms with Crippen molar-refractivity contribution in [3.8, 4) is 0 Å². The summed E-state index contributed by atoms with van der Waals surface area (Å²) in [5.41, 5.74) is 4.93. The summed E-state index contributed by atoms with van der Waals surface area (Å²) in [5, 5.41) is 3.21. The highest BCUT2D eigenvalue weighted by atomic mass is 16.1. The molecule has 3 unspecified atom stereocenters. The van der Waals surface area contributed by atoms with Gasteiger partial charge < -0.3 is 16.0 Å². The van der Waals surface area contributed by atoms with Crippen LogP contribution < -0.4 is 11.1 Å². The predicted molar refractivity (Wildman–Crippen MR) is 75.3 cm³/mol. The first-order chi connectivity index (χ1) is 8.39. The van der Waals surface area contributed by atoms with Crippen LogP contribution in [0.5, 0.6) is 0 Å². The fourth-order valence-corrected chi connectivity index (χ4v) is 2.78. The molecule has 106 valence electrons. The van der Waals surface area contributed by atoms with E-state index in [1.165, 1.54) is 13.1 Å². The molecule has 1 aliphatic rings. The van der Waals surface area contributed by atoms with Gasteiger partial charge in [-0.25, -0.2) is 0 Å². The fourth-order valence-electron chi connectivity index (χ4n) is 2.78. The number of primary amides is 1. The van der Waals surface area contributed by atoms with Crippen LogP contribution in [0.15, 0.2) is 0 Å². The molecular formula is C14H29N3O. The van der Waals surface area contributed by atoms with Crippen LogP contribution >= 0.6 is 0 Å². The zero-order chi connectivity index (χ0) is 13.8. The maximum absolute atomic E-state index is 11.5. The second-order valence-electron chi connectivity index (χ2n) is 6.04. The number of nitrogens with two attached hydrogens (primary N) is 1. The van der Waals surface area contributed by atoms with E-state index in [1.807, 2.05) is 13.8 Å². The third kappa shape index (κ3) is 3.95. The van der Waals surface area contributed by atoms with E-state index in [0.29, 0.717) is 0 Å². The van der Waals surface area contributed by atoms with Crippen LogP contribution in [0.2, 0.25) is 0 Å². The van der Waals surface area contributed by atoms with Crippen LogP contribution in [0.4, 0.5) is 0 Å². The van der Waals surface area contributed by atoms with Crippen molar-refractivity contribution in [2.24, 2.45) is 17.6 Å². The Labute approximate surface area is 111 Å². The molecule has 1 amide bonds. The lowest BCUT2D eigenvalue weighted by Gasteiger charge is -2.28. The lowest BCUT2D eigenvalue weighted by Crippen LogP contribution is -2.53. The second kappa shape index (κ2) is 6.53. The average molecular weight is 255 g/mol. The number of amides is 1. The molecule has 0 aliphatic carbocycles. The molecule has 3 atom stereocenters. The molecule has 1 fully saturated rings. The first kappa shape index (κ1) is 15.4. The largest absolute Gasteiger partial charge is 0.368 e. The zero-order valence-electron chi connectivity index (χ0n) is 12.3. The van der Waals surface area contributed by atoms with Gasteiger partial charge in [-0.3, -0.25) is 4.79 Å². The van der Waals surface area contributed by atoms with Crippen LogP contribution in [0.25, 0.3) is 0 Å². The summed E-state index contributed by atoms with van der Waals surface area (Å²) in [4.78, 5) is 14.0. The highest BCUT2D eigenvalue weighted by molar-refractivity contribution is 5.84. The van der Waals surface area contributed by atoms with E-state index in [9.17, 15) is 4.79 Å². The molecular weight excluding hydrogens is 226 g/mol. The fraction of sp³-hybridized carbons (Fsp3) is 0.929. The van der Waals surface area contributed by atoms with Gasteiger partial charge in [0.1, 0.15) is 0 Å². The molecule has 18 heavy (non-hydrogen) atoms. The van der Waals surface area contributed by atoms with Gasteiger partial charge in [0, 0.05) is 13.1 Å². The van der Waals surface area contributed by atoms with Gasteiger partial charge in [-0.2, -0.15) is 0 Å².